The van der Waals surface area contributed by atoms with Crippen LogP contribution < -0.4 is 5.32 Å². The van der Waals surface area contributed by atoms with Gasteiger partial charge in [0, 0.05) is 11.6 Å². The summed E-state index contributed by atoms with van der Waals surface area (Å²) < 4.78 is 0. The maximum atomic E-state index is 11.9. The van der Waals surface area contributed by atoms with Gasteiger partial charge in [-0.3, -0.25) is 4.79 Å². The molecule has 0 aromatic heterocycles. The number of benzene rings is 2. The van der Waals surface area contributed by atoms with Crippen LogP contribution >= 0.6 is 11.6 Å². The van der Waals surface area contributed by atoms with Gasteiger partial charge in [-0.1, -0.05) is 35.9 Å². The molecule has 0 spiro atoms. The second-order valence-corrected chi connectivity index (χ2v) is 4.35. The number of carbonyl (C=O) groups is 1. The fourth-order valence-electron chi connectivity index (χ4n) is 1.67. The molecule has 1 amide bonds. The summed E-state index contributed by atoms with van der Waals surface area (Å²) in [7, 11) is 0. The van der Waals surface area contributed by atoms with E-state index in [4.69, 9.17) is 11.6 Å². The minimum Gasteiger partial charge on any atom is -0.507 e. The number of carbonyl (C=O) groups excluding carboxylic acids is 1. The van der Waals surface area contributed by atoms with Crippen LogP contribution in [0, 0.1) is 0 Å². The molecule has 0 saturated carbocycles. The lowest BCUT2D eigenvalue weighted by molar-refractivity contribution is 0.0945. The maximum absolute atomic E-state index is 11.9. The Bertz CT molecular complexity index is 593. The van der Waals surface area contributed by atoms with Crippen LogP contribution in [-0.2, 0) is 6.54 Å². The molecule has 5 heteroatoms. The molecule has 0 aliphatic carbocycles. The molecule has 0 fully saturated rings. The Hall–Kier alpha value is -2.20. The van der Waals surface area contributed by atoms with Crippen molar-refractivity contribution in [3.63, 3.8) is 0 Å². The standard InChI is InChI=1S/C14H12ClNO3/c15-10-5-2-1-4-9(10)8-16-14(19)13-11(17)6-3-7-12(13)18/h1-7,17-18H,8H2,(H,16,19). The van der Waals surface area contributed by atoms with Crippen molar-refractivity contribution in [3.05, 3.63) is 58.6 Å². The predicted octanol–water partition coefficient (Wildman–Crippen LogP) is 2.68. The van der Waals surface area contributed by atoms with Gasteiger partial charge in [-0.25, -0.2) is 0 Å². The highest BCUT2D eigenvalue weighted by Gasteiger charge is 2.15. The largest absolute Gasteiger partial charge is 0.507 e. The molecule has 0 unspecified atom stereocenters. The molecule has 3 N–H and O–H groups in total. The summed E-state index contributed by atoms with van der Waals surface area (Å²) in [6.07, 6.45) is 0. The van der Waals surface area contributed by atoms with Crippen molar-refractivity contribution in [3.8, 4) is 11.5 Å². The van der Waals surface area contributed by atoms with Crippen LogP contribution in [-0.4, -0.2) is 16.1 Å². The van der Waals surface area contributed by atoms with Crippen molar-refractivity contribution in [1.29, 1.82) is 0 Å². The second-order valence-electron chi connectivity index (χ2n) is 3.95. The zero-order valence-corrected chi connectivity index (χ0v) is 10.7. The number of aromatic hydroxyl groups is 2. The lowest BCUT2D eigenvalue weighted by atomic mass is 10.1. The average Bonchev–Trinajstić information content (AvgIpc) is 2.37. The van der Waals surface area contributed by atoms with Gasteiger partial charge in [0.05, 0.1) is 0 Å². The van der Waals surface area contributed by atoms with Crippen LogP contribution in [0.1, 0.15) is 15.9 Å². The molecule has 0 aliphatic rings. The highest BCUT2D eigenvalue weighted by Crippen LogP contribution is 2.26. The Morgan fingerprint density at radius 2 is 1.68 bits per heavy atom. The lowest BCUT2D eigenvalue weighted by Gasteiger charge is -2.09. The van der Waals surface area contributed by atoms with Gasteiger partial charge in [-0.05, 0) is 23.8 Å². The van der Waals surface area contributed by atoms with Crippen LogP contribution in [0.25, 0.3) is 0 Å². The van der Waals surface area contributed by atoms with E-state index in [-0.39, 0.29) is 23.6 Å². The maximum Gasteiger partial charge on any atom is 0.259 e. The highest BCUT2D eigenvalue weighted by atomic mass is 35.5. The zero-order chi connectivity index (χ0) is 13.8. The third kappa shape index (κ3) is 2.98. The zero-order valence-electron chi connectivity index (χ0n) is 9.93. The second kappa shape index (κ2) is 5.63. The van der Waals surface area contributed by atoms with Gasteiger partial charge in [0.25, 0.3) is 5.91 Å². The van der Waals surface area contributed by atoms with Gasteiger partial charge in [0.1, 0.15) is 17.1 Å². The Morgan fingerprint density at radius 3 is 2.32 bits per heavy atom. The highest BCUT2D eigenvalue weighted by molar-refractivity contribution is 6.31. The molecule has 2 aromatic carbocycles. The number of phenols is 2. The van der Waals surface area contributed by atoms with Crippen molar-refractivity contribution in [2.24, 2.45) is 0 Å². The molecule has 2 aromatic rings. The molecule has 2 rings (SSSR count). The topological polar surface area (TPSA) is 69.6 Å². The SMILES string of the molecule is O=C(NCc1ccccc1Cl)c1c(O)cccc1O. The fourth-order valence-corrected chi connectivity index (χ4v) is 1.87. The van der Waals surface area contributed by atoms with Gasteiger partial charge < -0.3 is 15.5 Å². The van der Waals surface area contributed by atoms with Crippen LogP contribution in [0.5, 0.6) is 11.5 Å². The molecular weight excluding hydrogens is 266 g/mol. The third-order valence-corrected chi connectivity index (χ3v) is 3.01. The molecule has 0 aliphatic heterocycles. The van der Waals surface area contributed by atoms with E-state index in [0.717, 1.165) is 5.56 Å². The van der Waals surface area contributed by atoms with Crippen molar-refractivity contribution in [1.82, 2.24) is 5.32 Å². The van der Waals surface area contributed by atoms with E-state index < -0.39 is 5.91 Å². The predicted molar refractivity (Wildman–Crippen MR) is 72.4 cm³/mol. The third-order valence-electron chi connectivity index (χ3n) is 2.64. The number of hydrogen-bond donors (Lipinski definition) is 3. The lowest BCUT2D eigenvalue weighted by Crippen LogP contribution is -2.23. The van der Waals surface area contributed by atoms with E-state index in [1.807, 2.05) is 6.07 Å². The van der Waals surface area contributed by atoms with Crippen molar-refractivity contribution < 1.29 is 15.0 Å². The van der Waals surface area contributed by atoms with E-state index >= 15 is 0 Å². The van der Waals surface area contributed by atoms with E-state index in [9.17, 15) is 15.0 Å². The molecule has 98 valence electrons. The van der Waals surface area contributed by atoms with Crippen LogP contribution in [0.4, 0.5) is 0 Å². The molecule has 0 radical (unpaired) electrons. The van der Waals surface area contributed by atoms with E-state index in [2.05, 4.69) is 5.32 Å². The number of phenolic OH excluding ortho intramolecular Hbond substituents is 2. The molecular formula is C14H12ClNO3. The average molecular weight is 278 g/mol. The van der Waals surface area contributed by atoms with Crippen molar-refractivity contribution in [2.75, 3.05) is 0 Å². The first-order valence-electron chi connectivity index (χ1n) is 5.62. The van der Waals surface area contributed by atoms with Crippen LogP contribution in [0.3, 0.4) is 0 Å². The number of rotatable bonds is 3. The summed E-state index contributed by atoms with van der Waals surface area (Å²) in [5, 5.41) is 22.3. The first kappa shape index (κ1) is 13.2. The Kier molecular flexibility index (Phi) is 3.92. The molecule has 0 atom stereocenters. The Morgan fingerprint density at radius 1 is 1.05 bits per heavy atom. The summed E-state index contributed by atoms with van der Waals surface area (Å²) in [5.74, 6) is -1.09. The molecule has 0 bridgehead atoms. The Balaban J connectivity index is 2.13. The van der Waals surface area contributed by atoms with E-state index in [1.54, 1.807) is 18.2 Å². The van der Waals surface area contributed by atoms with Gasteiger partial charge >= 0.3 is 0 Å². The van der Waals surface area contributed by atoms with E-state index in [1.165, 1.54) is 18.2 Å². The van der Waals surface area contributed by atoms with Gasteiger partial charge in [-0.15, -0.1) is 0 Å². The normalized spacial score (nSPS) is 10.2. The van der Waals surface area contributed by atoms with E-state index in [0.29, 0.717) is 5.02 Å². The number of nitrogens with one attached hydrogen (secondary N) is 1. The van der Waals surface area contributed by atoms with Crippen LogP contribution in [0.15, 0.2) is 42.5 Å². The first-order chi connectivity index (χ1) is 9.09. The minimum absolute atomic E-state index is 0.144. The van der Waals surface area contributed by atoms with Gasteiger partial charge in [0.15, 0.2) is 0 Å². The summed E-state index contributed by atoms with van der Waals surface area (Å²) in [4.78, 5) is 11.9. The molecule has 4 nitrogen and oxygen atoms in total. The smallest absolute Gasteiger partial charge is 0.259 e. The Labute approximate surface area is 115 Å². The summed E-state index contributed by atoms with van der Waals surface area (Å²) >= 11 is 5.97. The summed E-state index contributed by atoms with van der Waals surface area (Å²) in [6, 6.07) is 11.2. The van der Waals surface area contributed by atoms with Crippen molar-refractivity contribution in [2.45, 2.75) is 6.54 Å². The molecule has 0 heterocycles. The number of hydrogen-bond acceptors (Lipinski definition) is 3. The molecule has 19 heavy (non-hydrogen) atoms. The van der Waals surface area contributed by atoms with Gasteiger partial charge in [-0.2, -0.15) is 0 Å². The quantitative estimate of drug-likeness (QED) is 0.808. The summed E-state index contributed by atoms with van der Waals surface area (Å²) in [6.45, 7) is 0.215. The fraction of sp³-hybridized carbons (Fsp3) is 0.0714. The molecule has 0 saturated heterocycles. The van der Waals surface area contributed by atoms with Gasteiger partial charge in [0.2, 0.25) is 0 Å². The summed E-state index contributed by atoms with van der Waals surface area (Å²) in [5.41, 5.74) is 0.613. The number of halogens is 1. The van der Waals surface area contributed by atoms with Crippen LogP contribution in [0.2, 0.25) is 5.02 Å². The monoisotopic (exact) mass is 277 g/mol. The minimum atomic E-state index is -0.560. The number of amides is 1. The first-order valence-corrected chi connectivity index (χ1v) is 6.00. The van der Waals surface area contributed by atoms with Crippen molar-refractivity contribution >= 4 is 17.5 Å².